The minimum Gasteiger partial charge on any atom is -0.335 e. The van der Waals surface area contributed by atoms with Crippen molar-refractivity contribution in [3.05, 3.63) is 77.6 Å². The molecule has 1 amide bonds. The Bertz CT molecular complexity index is 605. The predicted molar refractivity (Wildman–Crippen MR) is 83.0 cm³/mol. The predicted octanol–water partition coefficient (Wildman–Crippen LogP) is 3.89. The van der Waals surface area contributed by atoms with E-state index in [4.69, 9.17) is 0 Å². The topological polar surface area (TPSA) is 20.3 Å². The zero-order valence-corrected chi connectivity index (χ0v) is 12.0. The summed E-state index contributed by atoms with van der Waals surface area (Å²) >= 11 is 0. The number of carbonyl (C=O) groups excluding carboxylic acids is 1. The number of halogens is 1. The number of hydrogen-bond donors (Lipinski definition) is 0. The van der Waals surface area contributed by atoms with Gasteiger partial charge in [-0.3, -0.25) is 4.79 Å². The van der Waals surface area contributed by atoms with Crippen LogP contribution in [0.3, 0.4) is 0 Å². The summed E-state index contributed by atoms with van der Waals surface area (Å²) in [5.41, 5.74) is 1.91. The molecule has 2 rings (SSSR count). The molecule has 108 valence electrons. The number of nitrogens with zero attached hydrogens (tertiary/aromatic N) is 1. The molecule has 0 aliphatic carbocycles. The molecule has 0 unspecified atom stereocenters. The highest BCUT2D eigenvalue weighted by Gasteiger charge is 2.08. The highest BCUT2D eigenvalue weighted by molar-refractivity contribution is 5.91. The SMILES string of the molecule is CCN(Cc1ccccc1)C(=O)/C=C/c1ccc(F)cc1. The number of carbonyl (C=O) groups is 1. The third kappa shape index (κ3) is 4.56. The van der Waals surface area contributed by atoms with E-state index in [0.717, 1.165) is 11.1 Å². The lowest BCUT2D eigenvalue weighted by atomic mass is 10.2. The number of amides is 1. The van der Waals surface area contributed by atoms with Crippen LogP contribution in [0.2, 0.25) is 0 Å². The maximum absolute atomic E-state index is 12.8. The highest BCUT2D eigenvalue weighted by Crippen LogP contribution is 2.08. The minimum atomic E-state index is -0.280. The van der Waals surface area contributed by atoms with Gasteiger partial charge in [-0.15, -0.1) is 0 Å². The van der Waals surface area contributed by atoms with Crippen LogP contribution in [0.25, 0.3) is 6.08 Å². The average Bonchev–Trinajstić information content (AvgIpc) is 2.52. The number of rotatable bonds is 5. The van der Waals surface area contributed by atoms with Crippen LogP contribution in [0.5, 0.6) is 0 Å². The van der Waals surface area contributed by atoms with Crippen molar-refractivity contribution >= 4 is 12.0 Å². The first-order valence-electron chi connectivity index (χ1n) is 6.95. The van der Waals surface area contributed by atoms with Gasteiger partial charge in [-0.2, -0.15) is 0 Å². The second-order valence-corrected chi connectivity index (χ2v) is 4.72. The first kappa shape index (κ1) is 15.0. The van der Waals surface area contributed by atoms with E-state index in [1.807, 2.05) is 37.3 Å². The van der Waals surface area contributed by atoms with Gasteiger partial charge in [-0.05, 0) is 36.3 Å². The minimum absolute atomic E-state index is 0.0503. The van der Waals surface area contributed by atoms with Crippen molar-refractivity contribution in [2.24, 2.45) is 0 Å². The van der Waals surface area contributed by atoms with E-state index >= 15 is 0 Å². The van der Waals surface area contributed by atoms with Crippen molar-refractivity contribution < 1.29 is 9.18 Å². The van der Waals surface area contributed by atoms with E-state index in [1.54, 1.807) is 23.1 Å². The molecular formula is C18H18FNO. The van der Waals surface area contributed by atoms with Gasteiger partial charge >= 0.3 is 0 Å². The molecule has 2 aromatic carbocycles. The molecule has 3 heteroatoms. The molecular weight excluding hydrogens is 265 g/mol. The summed E-state index contributed by atoms with van der Waals surface area (Å²) in [7, 11) is 0. The molecule has 0 N–H and O–H groups in total. The molecule has 0 heterocycles. The van der Waals surface area contributed by atoms with Gasteiger partial charge in [0.2, 0.25) is 5.91 Å². The summed E-state index contributed by atoms with van der Waals surface area (Å²) in [4.78, 5) is 13.9. The van der Waals surface area contributed by atoms with Crippen LogP contribution in [0.1, 0.15) is 18.1 Å². The van der Waals surface area contributed by atoms with Crippen LogP contribution >= 0.6 is 0 Å². The monoisotopic (exact) mass is 283 g/mol. The van der Waals surface area contributed by atoms with E-state index in [2.05, 4.69) is 0 Å². The molecule has 0 aliphatic rings. The van der Waals surface area contributed by atoms with Crippen molar-refractivity contribution in [1.82, 2.24) is 4.90 Å². The standard InChI is InChI=1S/C18H18FNO/c1-2-20(14-16-6-4-3-5-7-16)18(21)13-10-15-8-11-17(19)12-9-15/h3-13H,2,14H2,1H3/b13-10+. The third-order valence-electron chi connectivity index (χ3n) is 3.20. The highest BCUT2D eigenvalue weighted by atomic mass is 19.1. The molecule has 0 aromatic heterocycles. The zero-order chi connectivity index (χ0) is 15.1. The molecule has 0 saturated heterocycles. The van der Waals surface area contributed by atoms with Crippen molar-refractivity contribution in [3.63, 3.8) is 0 Å². The van der Waals surface area contributed by atoms with E-state index in [0.29, 0.717) is 13.1 Å². The van der Waals surface area contributed by atoms with Gasteiger partial charge < -0.3 is 4.90 Å². The van der Waals surface area contributed by atoms with Gasteiger partial charge in [0.15, 0.2) is 0 Å². The summed E-state index contributed by atoms with van der Waals surface area (Å²) in [6, 6.07) is 15.9. The molecule has 0 saturated carbocycles. The lowest BCUT2D eigenvalue weighted by Crippen LogP contribution is -2.28. The first-order chi connectivity index (χ1) is 10.2. The number of benzene rings is 2. The van der Waals surface area contributed by atoms with Crippen molar-refractivity contribution in [1.29, 1.82) is 0 Å². The van der Waals surface area contributed by atoms with Crippen molar-refractivity contribution in [3.8, 4) is 0 Å². The molecule has 0 atom stereocenters. The van der Waals surface area contributed by atoms with Crippen molar-refractivity contribution in [2.45, 2.75) is 13.5 Å². The summed E-state index contributed by atoms with van der Waals surface area (Å²) in [5, 5.41) is 0. The fraction of sp³-hybridized carbons (Fsp3) is 0.167. The Hall–Kier alpha value is -2.42. The fourth-order valence-electron chi connectivity index (χ4n) is 2.00. The normalized spacial score (nSPS) is 10.8. The van der Waals surface area contributed by atoms with E-state index in [1.165, 1.54) is 18.2 Å². The fourth-order valence-corrected chi connectivity index (χ4v) is 2.00. The van der Waals surface area contributed by atoms with Crippen LogP contribution < -0.4 is 0 Å². The lowest BCUT2D eigenvalue weighted by molar-refractivity contribution is -0.126. The lowest BCUT2D eigenvalue weighted by Gasteiger charge is -2.19. The Morgan fingerprint density at radius 1 is 1.10 bits per heavy atom. The second-order valence-electron chi connectivity index (χ2n) is 4.72. The van der Waals surface area contributed by atoms with Crippen LogP contribution in [0.15, 0.2) is 60.7 Å². The Labute approximate surface area is 124 Å². The maximum Gasteiger partial charge on any atom is 0.246 e. The Morgan fingerprint density at radius 3 is 2.38 bits per heavy atom. The summed E-state index contributed by atoms with van der Waals surface area (Å²) in [5.74, 6) is -0.330. The third-order valence-corrected chi connectivity index (χ3v) is 3.20. The zero-order valence-electron chi connectivity index (χ0n) is 12.0. The van der Waals surface area contributed by atoms with Gasteiger partial charge in [0.25, 0.3) is 0 Å². The Kier molecular flexibility index (Phi) is 5.27. The summed E-state index contributed by atoms with van der Waals surface area (Å²) < 4.78 is 12.8. The average molecular weight is 283 g/mol. The van der Waals surface area contributed by atoms with Crippen LogP contribution in [0.4, 0.5) is 4.39 Å². The van der Waals surface area contributed by atoms with Gasteiger partial charge in [0.05, 0.1) is 0 Å². The smallest absolute Gasteiger partial charge is 0.246 e. The summed E-state index contributed by atoms with van der Waals surface area (Å²) in [6.45, 7) is 3.18. The van der Waals surface area contributed by atoms with Crippen molar-refractivity contribution in [2.75, 3.05) is 6.54 Å². The molecule has 0 spiro atoms. The number of likely N-dealkylation sites (N-methyl/N-ethyl adjacent to an activating group) is 1. The second kappa shape index (κ2) is 7.39. The van der Waals surface area contributed by atoms with E-state index in [-0.39, 0.29) is 11.7 Å². The Morgan fingerprint density at radius 2 is 1.76 bits per heavy atom. The van der Waals surface area contributed by atoms with Crippen LogP contribution in [-0.2, 0) is 11.3 Å². The van der Waals surface area contributed by atoms with E-state index in [9.17, 15) is 9.18 Å². The number of hydrogen-bond acceptors (Lipinski definition) is 1. The molecule has 21 heavy (non-hydrogen) atoms. The van der Waals surface area contributed by atoms with E-state index < -0.39 is 0 Å². The largest absolute Gasteiger partial charge is 0.335 e. The molecule has 0 fully saturated rings. The first-order valence-corrected chi connectivity index (χ1v) is 6.95. The molecule has 0 radical (unpaired) electrons. The molecule has 0 bridgehead atoms. The molecule has 0 aliphatic heterocycles. The maximum atomic E-state index is 12.8. The molecule has 2 aromatic rings. The van der Waals surface area contributed by atoms with Crippen LogP contribution in [0, 0.1) is 5.82 Å². The van der Waals surface area contributed by atoms with Gasteiger partial charge in [-0.1, -0.05) is 42.5 Å². The van der Waals surface area contributed by atoms with Gasteiger partial charge in [-0.25, -0.2) is 4.39 Å². The summed E-state index contributed by atoms with van der Waals surface area (Å²) in [6.07, 6.45) is 3.23. The Balaban J connectivity index is 2.01. The van der Waals surface area contributed by atoms with Gasteiger partial charge in [0, 0.05) is 19.2 Å². The van der Waals surface area contributed by atoms with Gasteiger partial charge in [0.1, 0.15) is 5.82 Å². The quantitative estimate of drug-likeness (QED) is 0.762. The molecule has 2 nitrogen and oxygen atoms in total. The van der Waals surface area contributed by atoms with Crippen LogP contribution in [-0.4, -0.2) is 17.4 Å².